The van der Waals surface area contributed by atoms with Gasteiger partial charge in [-0.15, -0.1) is 16.8 Å². The van der Waals surface area contributed by atoms with Gasteiger partial charge < -0.3 is 4.74 Å². The Morgan fingerprint density at radius 2 is 1.96 bits per heavy atom. The Balaban J connectivity index is 2.24. The molecule has 0 N–H and O–H groups in total. The standard InChI is InChI=1S/C18H15Cl2N3OS/c1-3-9-25-18-22-21-17(12-5-4-6-13(19)10-12)23(18)15-11-14(20)7-8-16(15)24-2/h3-8,10-11H,1,9H2,2H3. The number of aromatic nitrogens is 3. The van der Waals surface area contributed by atoms with Crippen molar-refractivity contribution in [1.82, 2.24) is 14.8 Å². The quantitative estimate of drug-likeness (QED) is 0.409. The van der Waals surface area contributed by atoms with E-state index in [2.05, 4.69) is 16.8 Å². The maximum atomic E-state index is 6.22. The van der Waals surface area contributed by atoms with E-state index in [0.717, 1.165) is 16.4 Å². The highest BCUT2D eigenvalue weighted by atomic mass is 35.5. The molecule has 0 unspecified atom stereocenters. The van der Waals surface area contributed by atoms with Crippen LogP contribution in [0.15, 0.2) is 60.3 Å². The van der Waals surface area contributed by atoms with Crippen molar-refractivity contribution in [2.24, 2.45) is 0 Å². The second-order valence-corrected chi connectivity index (χ2v) is 6.93. The molecule has 0 saturated heterocycles. The van der Waals surface area contributed by atoms with Crippen LogP contribution < -0.4 is 4.74 Å². The summed E-state index contributed by atoms with van der Waals surface area (Å²) < 4.78 is 7.43. The van der Waals surface area contributed by atoms with Gasteiger partial charge in [0.25, 0.3) is 0 Å². The van der Waals surface area contributed by atoms with Crippen molar-refractivity contribution in [3.05, 3.63) is 65.2 Å². The average molecular weight is 392 g/mol. The Bertz CT molecular complexity index is 911. The smallest absolute Gasteiger partial charge is 0.196 e. The summed E-state index contributed by atoms with van der Waals surface area (Å²) in [5.41, 5.74) is 1.62. The number of hydrogen-bond acceptors (Lipinski definition) is 4. The number of rotatable bonds is 6. The van der Waals surface area contributed by atoms with Crippen LogP contribution in [0.3, 0.4) is 0 Å². The van der Waals surface area contributed by atoms with E-state index < -0.39 is 0 Å². The van der Waals surface area contributed by atoms with Gasteiger partial charge in [0.1, 0.15) is 5.75 Å². The Morgan fingerprint density at radius 1 is 1.16 bits per heavy atom. The highest BCUT2D eigenvalue weighted by Gasteiger charge is 2.19. The molecule has 0 radical (unpaired) electrons. The van der Waals surface area contributed by atoms with Gasteiger partial charge in [-0.3, -0.25) is 4.57 Å². The number of halogens is 2. The zero-order valence-corrected chi connectivity index (χ0v) is 15.8. The van der Waals surface area contributed by atoms with Crippen LogP contribution in [0.4, 0.5) is 0 Å². The van der Waals surface area contributed by atoms with Crippen LogP contribution in [0.5, 0.6) is 5.75 Å². The first kappa shape index (κ1) is 17.9. The lowest BCUT2D eigenvalue weighted by atomic mass is 10.2. The molecule has 1 heterocycles. The summed E-state index contributed by atoms with van der Waals surface area (Å²) in [5.74, 6) is 2.04. The number of hydrogen-bond donors (Lipinski definition) is 0. The lowest BCUT2D eigenvalue weighted by Gasteiger charge is -2.14. The summed E-state index contributed by atoms with van der Waals surface area (Å²) in [6, 6.07) is 12.9. The topological polar surface area (TPSA) is 39.9 Å². The first-order valence-corrected chi connectivity index (χ1v) is 9.17. The molecule has 4 nitrogen and oxygen atoms in total. The average Bonchev–Trinajstić information content (AvgIpc) is 3.03. The van der Waals surface area contributed by atoms with Crippen molar-refractivity contribution in [2.75, 3.05) is 12.9 Å². The van der Waals surface area contributed by atoms with Gasteiger partial charge in [-0.25, -0.2) is 0 Å². The van der Waals surface area contributed by atoms with Crippen LogP contribution in [0.1, 0.15) is 0 Å². The molecule has 7 heteroatoms. The molecule has 3 aromatic rings. The van der Waals surface area contributed by atoms with Crippen molar-refractivity contribution in [1.29, 1.82) is 0 Å². The Hall–Kier alpha value is -1.95. The Labute approximate surface area is 160 Å². The van der Waals surface area contributed by atoms with E-state index in [1.807, 2.05) is 47.0 Å². The summed E-state index contributed by atoms with van der Waals surface area (Å²) in [6.45, 7) is 3.76. The van der Waals surface area contributed by atoms with Gasteiger partial charge in [-0.05, 0) is 30.3 Å². The summed E-state index contributed by atoms with van der Waals surface area (Å²) in [6.07, 6.45) is 1.82. The lowest BCUT2D eigenvalue weighted by Crippen LogP contribution is -2.02. The van der Waals surface area contributed by atoms with E-state index in [9.17, 15) is 0 Å². The third kappa shape index (κ3) is 3.84. The monoisotopic (exact) mass is 391 g/mol. The second-order valence-electron chi connectivity index (χ2n) is 5.07. The van der Waals surface area contributed by atoms with Gasteiger partial charge in [0.15, 0.2) is 11.0 Å². The van der Waals surface area contributed by atoms with Crippen molar-refractivity contribution >= 4 is 35.0 Å². The molecule has 0 aliphatic rings. The highest BCUT2D eigenvalue weighted by Crippen LogP contribution is 2.34. The molecule has 128 valence electrons. The van der Waals surface area contributed by atoms with Crippen LogP contribution in [-0.2, 0) is 0 Å². The third-order valence-corrected chi connectivity index (χ3v) is 4.82. The number of ether oxygens (including phenoxy) is 1. The summed E-state index contributed by atoms with van der Waals surface area (Å²) in [5, 5.41) is 10.6. The van der Waals surface area contributed by atoms with Crippen LogP contribution in [-0.4, -0.2) is 27.6 Å². The normalized spacial score (nSPS) is 10.7. The predicted molar refractivity (Wildman–Crippen MR) is 104 cm³/mol. The zero-order valence-electron chi connectivity index (χ0n) is 13.4. The van der Waals surface area contributed by atoms with E-state index in [4.69, 9.17) is 27.9 Å². The van der Waals surface area contributed by atoms with E-state index in [-0.39, 0.29) is 0 Å². The van der Waals surface area contributed by atoms with Crippen LogP contribution >= 0.6 is 35.0 Å². The van der Waals surface area contributed by atoms with Crippen molar-refractivity contribution in [3.63, 3.8) is 0 Å². The summed E-state index contributed by atoms with van der Waals surface area (Å²) in [7, 11) is 1.62. The zero-order chi connectivity index (χ0) is 17.8. The molecule has 0 spiro atoms. The molecule has 3 rings (SSSR count). The Morgan fingerprint density at radius 3 is 2.68 bits per heavy atom. The molecule has 1 aromatic heterocycles. The molecule has 0 saturated carbocycles. The minimum Gasteiger partial charge on any atom is -0.495 e. The maximum Gasteiger partial charge on any atom is 0.196 e. The van der Waals surface area contributed by atoms with E-state index in [0.29, 0.717) is 27.4 Å². The fourth-order valence-corrected chi connectivity index (χ4v) is 3.40. The van der Waals surface area contributed by atoms with E-state index >= 15 is 0 Å². The van der Waals surface area contributed by atoms with E-state index in [1.165, 1.54) is 11.8 Å². The largest absolute Gasteiger partial charge is 0.495 e. The highest BCUT2D eigenvalue weighted by molar-refractivity contribution is 7.99. The Kier molecular flexibility index (Phi) is 5.68. The van der Waals surface area contributed by atoms with Gasteiger partial charge in [-0.2, -0.15) is 0 Å². The fraction of sp³-hybridized carbons (Fsp3) is 0.111. The first-order chi connectivity index (χ1) is 12.1. The minimum absolute atomic E-state index is 0.598. The molecule has 0 amide bonds. The first-order valence-electron chi connectivity index (χ1n) is 7.43. The molecular formula is C18H15Cl2N3OS. The van der Waals surface area contributed by atoms with Gasteiger partial charge in [0.05, 0.1) is 12.8 Å². The van der Waals surface area contributed by atoms with Crippen LogP contribution in [0, 0.1) is 0 Å². The van der Waals surface area contributed by atoms with Crippen LogP contribution in [0.2, 0.25) is 10.0 Å². The molecule has 25 heavy (non-hydrogen) atoms. The van der Waals surface area contributed by atoms with Crippen LogP contribution in [0.25, 0.3) is 17.1 Å². The molecule has 0 atom stereocenters. The van der Waals surface area contributed by atoms with Gasteiger partial charge in [0.2, 0.25) is 0 Å². The number of benzene rings is 2. The van der Waals surface area contributed by atoms with E-state index in [1.54, 1.807) is 13.2 Å². The predicted octanol–water partition coefficient (Wildman–Crippen LogP) is 5.53. The van der Waals surface area contributed by atoms with Crippen molar-refractivity contribution in [2.45, 2.75) is 5.16 Å². The van der Waals surface area contributed by atoms with Gasteiger partial charge in [-0.1, -0.05) is 53.2 Å². The molecule has 0 aliphatic carbocycles. The number of methoxy groups -OCH3 is 1. The molecule has 0 aliphatic heterocycles. The molecule has 0 fully saturated rings. The number of thioether (sulfide) groups is 1. The third-order valence-electron chi connectivity index (χ3n) is 3.43. The molecule has 2 aromatic carbocycles. The molecular weight excluding hydrogens is 377 g/mol. The van der Waals surface area contributed by atoms with Crippen molar-refractivity contribution < 1.29 is 4.74 Å². The molecule has 0 bridgehead atoms. The van der Waals surface area contributed by atoms with Gasteiger partial charge >= 0.3 is 0 Å². The van der Waals surface area contributed by atoms with Gasteiger partial charge in [0, 0.05) is 21.4 Å². The fourth-order valence-electron chi connectivity index (χ4n) is 2.37. The SMILES string of the molecule is C=CCSc1nnc(-c2cccc(Cl)c2)n1-c1cc(Cl)ccc1OC. The maximum absolute atomic E-state index is 6.22. The minimum atomic E-state index is 0.598. The second kappa shape index (κ2) is 7.95. The lowest BCUT2D eigenvalue weighted by molar-refractivity contribution is 0.412. The van der Waals surface area contributed by atoms with Crippen molar-refractivity contribution in [3.8, 4) is 22.8 Å². The number of nitrogens with zero attached hydrogens (tertiary/aromatic N) is 3. The summed E-state index contributed by atoms with van der Waals surface area (Å²) >= 11 is 13.9. The summed E-state index contributed by atoms with van der Waals surface area (Å²) in [4.78, 5) is 0.